The molecule has 0 bridgehead atoms. The SMILES string of the molecule is CCOc1cc(C(=O)OC(C)c2cccc([N+](=O)[O-])c2)ccc1OC. The van der Waals surface area contributed by atoms with Gasteiger partial charge in [-0.15, -0.1) is 0 Å². The van der Waals surface area contributed by atoms with Gasteiger partial charge in [0.05, 0.1) is 24.2 Å². The lowest BCUT2D eigenvalue weighted by Crippen LogP contribution is -2.10. The van der Waals surface area contributed by atoms with Gasteiger partial charge in [0.25, 0.3) is 5.69 Å². The number of non-ortho nitro benzene ring substituents is 1. The molecule has 0 aliphatic heterocycles. The minimum Gasteiger partial charge on any atom is -0.493 e. The van der Waals surface area contributed by atoms with Crippen LogP contribution in [0, 0.1) is 10.1 Å². The van der Waals surface area contributed by atoms with Crippen molar-refractivity contribution in [2.24, 2.45) is 0 Å². The topological polar surface area (TPSA) is 87.9 Å². The van der Waals surface area contributed by atoms with Crippen LogP contribution in [0.25, 0.3) is 0 Å². The van der Waals surface area contributed by atoms with E-state index in [2.05, 4.69) is 0 Å². The summed E-state index contributed by atoms with van der Waals surface area (Å²) in [6, 6.07) is 10.7. The van der Waals surface area contributed by atoms with Crippen LogP contribution in [0.3, 0.4) is 0 Å². The Balaban J connectivity index is 2.17. The summed E-state index contributed by atoms with van der Waals surface area (Å²) in [4.78, 5) is 22.7. The van der Waals surface area contributed by atoms with Crippen molar-refractivity contribution in [3.05, 3.63) is 63.7 Å². The molecule has 0 heterocycles. The molecule has 0 aliphatic rings. The number of hydrogen-bond acceptors (Lipinski definition) is 6. The second-order valence-electron chi connectivity index (χ2n) is 5.20. The second-order valence-corrected chi connectivity index (χ2v) is 5.20. The quantitative estimate of drug-likeness (QED) is 0.429. The van der Waals surface area contributed by atoms with E-state index in [1.165, 1.54) is 19.2 Å². The van der Waals surface area contributed by atoms with Crippen LogP contribution < -0.4 is 9.47 Å². The lowest BCUT2D eigenvalue weighted by Gasteiger charge is -2.15. The molecule has 1 atom stereocenters. The van der Waals surface area contributed by atoms with Crippen LogP contribution in [-0.4, -0.2) is 24.6 Å². The van der Waals surface area contributed by atoms with Crippen molar-refractivity contribution in [1.29, 1.82) is 0 Å². The minimum atomic E-state index is -0.634. The fourth-order valence-corrected chi connectivity index (χ4v) is 2.26. The van der Waals surface area contributed by atoms with E-state index < -0.39 is 17.0 Å². The molecule has 0 fully saturated rings. The largest absolute Gasteiger partial charge is 0.493 e. The van der Waals surface area contributed by atoms with E-state index in [9.17, 15) is 14.9 Å². The van der Waals surface area contributed by atoms with Crippen molar-refractivity contribution in [3.63, 3.8) is 0 Å². The summed E-state index contributed by atoms with van der Waals surface area (Å²) in [5.41, 5.74) is 0.797. The number of methoxy groups -OCH3 is 1. The molecule has 2 rings (SSSR count). The molecule has 0 N–H and O–H groups in total. The highest BCUT2D eigenvalue weighted by Crippen LogP contribution is 2.29. The Labute approximate surface area is 145 Å². The number of carbonyl (C=O) groups is 1. The van der Waals surface area contributed by atoms with Crippen LogP contribution in [0.15, 0.2) is 42.5 Å². The van der Waals surface area contributed by atoms with Gasteiger partial charge in [-0.2, -0.15) is 0 Å². The third-order valence-corrected chi connectivity index (χ3v) is 3.53. The Morgan fingerprint density at radius 1 is 1.20 bits per heavy atom. The zero-order chi connectivity index (χ0) is 18.4. The number of nitro groups is 1. The summed E-state index contributed by atoms with van der Waals surface area (Å²) in [6.45, 7) is 3.91. The first-order chi connectivity index (χ1) is 12.0. The van der Waals surface area contributed by atoms with E-state index in [0.717, 1.165) is 0 Å². The van der Waals surface area contributed by atoms with Crippen molar-refractivity contribution < 1.29 is 23.9 Å². The molecule has 7 nitrogen and oxygen atoms in total. The highest BCUT2D eigenvalue weighted by molar-refractivity contribution is 5.90. The third kappa shape index (κ3) is 4.47. The Bertz CT molecular complexity index is 774. The predicted molar refractivity (Wildman–Crippen MR) is 91.1 cm³/mol. The number of nitro benzene ring substituents is 1. The first-order valence-corrected chi connectivity index (χ1v) is 7.72. The number of carbonyl (C=O) groups excluding carboxylic acids is 1. The van der Waals surface area contributed by atoms with Gasteiger partial charge in [-0.1, -0.05) is 12.1 Å². The number of nitrogens with zero attached hydrogens (tertiary/aromatic N) is 1. The van der Waals surface area contributed by atoms with Gasteiger partial charge in [0.1, 0.15) is 6.10 Å². The molecule has 132 valence electrons. The third-order valence-electron chi connectivity index (χ3n) is 3.53. The molecule has 2 aromatic rings. The predicted octanol–water partition coefficient (Wildman–Crippen LogP) is 3.92. The van der Waals surface area contributed by atoms with Crippen molar-refractivity contribution >= 4 is 11.7 Å². The average molecular weight is 345 g/mol. The molecule has 0 radical (unpaired) electrons. The molecule has 1 unspecified atom stereocenters. The molecule has 0 amide bonds. The summed E-state index contributed by atoms with van der Waals surface area (Å²) >= 11 is 0. The Morgan fingerprint density at radius 2 is 1.96 bits per heavy atom. The zero-order valence-electron chi connectivity index (χ0n) is 14.2. The van der Waals surface area contributed by atoms with Gasteiger partial charge in [-0.25, -0.2) is 4.79 Å². The summed E-state index contributed by atoms with van der Waals surface area (Å²) in [5, 5.41) is 10.9. The molecule has 0 aliphatic carbocycles. The number of hydrogen-bond donors (Lipinski definition) is 0. The monoisotopic (exact) mass is 345 g/mol. The van der Waals surface area contributed by atoms with Gasteiger partial charge in [0.15, 0.2) is 11.5 Å². The molecule has 0 aromatic heterocycles. The molecule has 2 aromatic carbocycles. The Hall–Kier alpha value is -3.09. The van der Waals surface area contributed by atoms with E-state index in [1.54, 1.807) is 37.3 Å². The summed E-state index contributed by atoms with van der Waals surface area (Å²) in [5.74, 6) is 0.412. The Kier molecular flexibility index (Phi) is 5.94. The van der Waals surface area contributed by atoms with Crippen LogP contribution in [0.4, 0.5) is 5.69 Å². The molecule has 0 spiro atoms. The maximum atomic E-state index is 12.4. The van der Waals surface area contributed by atoms with E-state index in [4.69, 9.17) is 14.2 Å². The number of esters is 1. The van der Waals surface area contributed by atoms with E-state index in [-0.39, 0.29) is 5.69 Å². The lowest BCUT2D eigenvalue weighted by molar-refractivity contribution is -0.385. The number of rotatable bonds is 7. The average Bonchev–Trinajstić information content (AvgIpc) is 2.61. The van der Waals surface area contributed by atoms with Crippen molar-refractivity contribution in [2.45, 2.75) is 20.0 Å². The van der Waals surface area contributed by atoms with Gasteiger partial charge in [0, 0.05) is 12.1 Å². The van der Waals surface area contributed by atoms with E-state index in [1.807, 2.05) is 6.92 Å². The molecule has 0 saturated carbocycles. The summed E-state index contributed by atoms with van der Waals surface area (Å²) in [6.07, 6.45) is -0.634. The number of ether oxygens (including phenoxy) is 3. The first kappa shape index (κ1) is 18.3. The molecule has 25 heavy (non-hydrogen) atoms. The maximum absolute atomic E-state index is 12.4. The van der Waals surface area contributed by atoms with Crippen LogP contribution in [0.1, 0.15) is 35.9 Å². The van der Waals surface area contributed by atoms with Crippen molar-refractivity contribution in [2.75, 3.05) is 13.7 Å². The molecule has 0 saturated heterocycles. The maximum Gasteiger partial charge on any atom is 0.338 e. The van der Waals surface area contributed by atoms with Crippen LogP contribution in [0.2, 0.25) is 0 Å². The Morgan fingerprint density at radius 3 is 2.60 bits per heavy atom. The van der Waals surface area contributed by atoms with Gasteiger partial charge >= 0.3 is 5.97 Å². The van der Waals surface area contributed by atoms with Gasteiger partial charge < -0.3 is 14.2 Å². The van der Waals surface area contributed by atoms with Gasteiger partial charge in [-0.05, 0) is 37.6 Å². The highest BCUT2D eigenvalue weighted by Gasteiger charge is 2.18. The fraction of sp³-hybridized carbons (Fsp3) is 0.278. The van der Waals surface area contributed by atoms with Crippen molar-refractivity contribution in [1.82, 2.24) is 0 Å². The smallest absolute Gasteiger partial charge is 0.338 e. The van der Waals surface area contributed by atoms with Gasteiger partial charge in [0.2, 0.25) is 0 Å². The normalized spacial score (nSPS) is 11.5. The molecular weight excluding hydrogens is 326 g/mol. The second kappa shape index (κ2) is 8.14. The van der Waals surface area contributed by atoms with E-state index in [0.29, 0.717) is 29.2 Å². The van der Waals surface area contributed by atoms with E-state index >= 15 is 0 Å². The molecular formula is C18H19NO6. The van der Waals surface area contributed by atoms with Crippen LogP contribution in [0.5, 0.6) is 11.5 Å². The standard InChI is InChI=1S/C18H19NO6/c1-4-24-17-11-14(8-9-16(17)23-3)18(20)25-12(2)13-6-5-7-15(10-13)19(21)22/h5-12H,4H2,1-3H3. The lowest BCUT2D eigenvalue weighted by atomic mass is 10.1. The van der Waals surface area contributed by atoms with Crippen molar-refractivity contribution in [3.8, 4) is 11.5 Å². The first-order valence-electron chi connectivity index (χ1n) is 7.72. The fourth-order valence-electron chi connectivity index (χ4n) is 2.26. The number of benzene rings is 2. The van der Waals surface area contributed by atoms with Gasteiger partial charge in [-0.3, -0.25) is 10.1 Å². The molecule has 7 heteroatoms. The highest BCUT2D eigenvalue weighted by atomic mass is 16.6. The minimum absolute atomic E-state index is 0.0523. The zero-order valence-corrected chi connectivity index (χ0v) is 14.2. The summed E-state index contributed by atoms with van der Waals surface area (Å²) < 4.78 is 16.0. The summed E-state index contributed by atoms with van der Waals surface area (Å²) in [7, 11) is 1.51. The van der Waals surface area contributed by atoms with Crippen LogP contribution >= 0.6 is 0 Å². The van der Waals surface area contributed by atoms with Crippen LogP contribution in [-0.2, 0) is 4.74 Å².